The molecule has 49 heavy (non-hydrogen) atoms. The summed E-state index contributed by atoms with van der Waals surface area (Å²) in [6.45, 7) is 6.83. The van der Waals surface area contributed by atoms with E-state index in [2.05, 4.69) is 16.0 Å². The van der Waals surface area contributed by atoms with Crippen molar-refractivity contribution in [3.8, 4) is 0 Å². The Morgan fingerprint density at radius 3 is 1.90 bits per heavy atom. The highest BCUT2D eigenvalue weighted by molar-refractivity contribution is 7.99. The predicted molar refractivity (Wildman–Crippen MR) is 187 cm³/mol. The number of aliphatic hydroxyl groups is 1. The minimum atomic E-state index is -1.45. The number of carbonyl (C=O) groups excluding carboxylic acids is 4. The van der Waals surface area contributed by atoms with Crippen molar-refractivity contribution in [3.05, 3.63) is 106 Å². The van der Waals surface area contributed by atoms with E-state index in [9.17, 15) is 34.2 Å². The molecule has 0 bridgehead atoms. The Labute approximate surface area is 290 Å². The van der Waals surface area contributed by atoms with E-state index in [1.54, 1.807) is 43.3 Å². The van der Waals surface area contributed by atoms with Crippen LogP contribution in [0.15, 0.2) is 94.6 Å². The summed E-state index contributed by atoms with van der Waals surface area (Å²) in [4.78, 5) is 65.0. The van der Waals surface area contributed by atoms with Crippen LogP contribution in [0, 0.1) is 5.41 Å². The number of benzene rings is 2. The molecule has 0 aromatic heterocycles. The number of nitrogens with one attached hydrogen (secondary N) is 3. The monoisotopic (exact) mass is 685 g/mol. The standard InChI is InChI=1S/C38H43N3O7S/c1-22-17-27-32(23(2)38(15-16-38)37(4,48)33(27)43)28(22)20-49-21-31(39-24(3)42)35(45)40-29(18-25-11-7-5-8-12-25)34(44)41-30(36(46)47)19-26-13-9-6-10-14-26/h5-14,17,29-31,48H,15-16,18-21H2,1-4H3,(H,39,42)(H,40,45)(H,41,44)(H,46,47)/t29-,30-,31+,37-/m0/s1. The molecule has 1 spiro atoms. The maximum atomic E-state index is 13.7. The third kappa shape index (κ3) is 7.58. The zero-order valence-corrected chi connectivity index (χ0v) is 29.0. The first kappa shape index (κ1) is 35.8. The fourth-order valence-corrected chi connectivity index (χ4v) is 8.12. The molecule has 3 amide bonds. The van der Waals surface area contributed by atoms with Gasteiger partial charge in [-0.05, 0) is 67.5 Å². The molecule has 4 atom stereocenters. The summed E-state index contributed by atoms with van der Waals surface area (Å²) in [5, 5.41) is 29.1. The number of carboxylic acids is 1. The Balaban J connectivity index is 1.30. The molecule has 0 radical (unpaired) electrons. The second-order valence-electron chi connectivity index (χ2n) is 13.3. The molecule has 3 aliphatic carbocycles. The number of ketones is 1. The van der Waals surface area contributed by atoms with E-state index in [1.165, 1.54) is 18.7 Å². The summed E-state index contributed by atoms with van der Waals surface area (Å²) in [5.41, 5.74) is 3.79. The number of aliphatic carboxylic acids is 1. The Morgan fingerprint density at radius 1 is 0.837 bits per heavy atom. The molecule has 0 saturated heterocycles. The van der Waals surface area contributed by atoms with Gasteiger partial charge in [-0.2, -0.15) is 11.8 Å². The molecular weight excluding hydrogens is 642 g/mol. The van der Waals surface area contributed by atoms with Gasteiger partial charge in [0, 0.05) is 42.3 Å². The molecule has 0 aliphatic heterocycles. The summed E-state index contributed by atoms with van der Waals surface area (Å²) in [7, 11) is 0. The fourth-order valence-electron chi connectivity index (χ4n) is 6.96. The van der Waals surface area contributed by atoms with Crippen LogP contribution in [-0.2, 0) is 36.8 Å². The molecule has 5 rings (SSSR count). The van der Waals surface area contributed by atoms with E-state index in [0.717, 1.165) is 46.3 Å². The lowest BCUT2D eigenvalue weighted by molar-refractivity contribution is -0.142. The second-order valence-corrected chi connectivity index (χ2v) is 14.3. The first-order chi connectivity index (χ1) is 23.2. The lowest BCUT2D eigenvalue weighted by atomic mass is 9.67. The first-order valence-corrected chi connectivity index (χ1v) is 17.6. The third-order valence-corrected chi connectivity index (χ3v) is 11.0. The quantitative estimate of drug-likeness (QED) is 0.202. The molecule has 11 heteroatoms. The topological polar surface area (TPSA) is 162 Å². The number of rotatable bonds is 14. The molecule has 5 N–H and O–H groups in total. The number of hydrogen-bond acceptors (Lipinski definition) is 7. The van der Waals surface area contributed by atoms with Crippen molar-refractivity contribution >= 4 is 41.2 Å². The zero-order chi connectivity index (χ0) is 35.5. The molecular formula is C38H43N3O7S. The molecule has 1 fully saturated rings. The second kappa shape index (κ2) is 14.6. The molecule has 2 aromatic rings. The van der Waals surface area contributed by atoms with Gasteiger partial charge in [0.05, 0.1) is 0 Å². The number of amides is 3. The minimum Gasteiger partial charge on any atom is -0.480 e. The van der Waals surface area contributed by atoms with Crippen molar-refractivity contribution in [1.29, 1.82) is 0 Å². The smallest absolute Gasteiger partial charge is 0.326 e. The zero-order valence-electron chi connectivity index (χ0n) is 28.2. The molecule has 0 unspecified atom stereocenters. The van der Waals surface area contributed by atoms with Gasteiger partial charge in [0.1, 0.15) is 23.7 Å². The number of thioether (sulfide) groups is 1. The molecule has 10 nitrogen and oxygen atoms in total. The van der Waals surface area contributed by atoms with Crippen LogP contribution in [0.25, 0.3) is 0 Å². The Kier molecular flexibility index (Phi) is 10.6. The maximum absolute atomic E-state index is 13.7. The number of fused-ring (bicyclic) bond motifs is 1. The maximum Gasteiger partial charge on any atom is 0.326 e. The molecule has 1 saturated carbocycles. The summed E-state index contributed by atoms with van der Waals surface area (Å²) in [6.07, 6.45) is 3.48. The van der Waals surface area contributed by atoms with Crippen molar-refractivity contribution in [2.75, 3.05) is 11.5 Å². The predicted octanol–water partition coefficient (Wildman–Crippen LogP) is 3.45. The van der Waals surface area contributed by atoms with Crippen LogP contribution < -0.4 is 16.0 Å². The number of Topliss-reactive ketones (excluding diaryl/α,β-unsaturated/α-hetero) is 1. The molecule has 258 valence electrons. The van der Waals surface area contributed by atoms with E-state index in [0.29, 0.717) is 11.3 Å². The van der Waals surface area contributed by atoms with E-state index in [1.807, 2.05) is 44.2 Å². The summed E-state index contributed by atoms with van der Waals surface area (Å²) in [6, 6.07) is 14.7. The average Bonchev–Trinajstić information content (AvgIpc) is 3.82. The van der Waals surface area contributed by atoms with Crippen molar-refractivity contribution in [2.24, 2.45) is 5.41 Å². The van der Waals surface area contributed by atoms with Gasteiger partial charge in [0.25, 0.3) is 0 Å². The SMILES string of the molecule is CC(=O)N[C@H](CSCC1=C(C)C=C2C(=O)[C@](C)(O)C3(CC3)C(C)=C21)C(=O)N[C@@H](Cc1ccccc1)C(=O)N[C@@H](Cc1ccccc1)C(=O)O. The minimum absolute atomic E-state index is 0.0606. The average molecular weight is 686 g/mol. The van der Waals surface area contributed by atoms with E-state index in [4.69, 9.17) is 0 Å². The van der Waals surface area contributed by atoms with Crippen molar-refractivity contribution in [1.82, 2.24) is 16.0 Å². The van der Waals surface area contributed by atoms with Gasteiger partial charge < -0.3 is 26.2 Å². The van der Waals surface area contributed by atoms with Crippen LogP contribution in [-0.4, -0.2) is 74.9 Å². The van der Waals surface area contributed by atoms with E-state index in [-0.39, 0.29) is 24.4 Å². The van der Waals surface area contributed by atoms with Crippen molar-refractivity contribution < 1.29 is 34.2 Å². The Bertz CT molecular complexity index is 1740. The number of hydrogen-bond donors (Lipinski definition) is 5. The number of carboxylic acid groups (broad SMARTS) is 1. The lowest BCUT2D eigenvalue weighted by Crippen LogP contribution is -2.57. The number of carbonyl (C=O) groups is 5. The highest BCUT2D eigenvalue weighted by atomic mass is 32.2. The van der Waals surface area contributed by atoms with Gasteiger partial charge in [0.2, 0.25) is 17.7 Å². The highest BCUT2D eigenvalue weighted by Crippen LogP contribution is 2.65. The van der Waals surface area contributed by atoms with Crippen LogP contribution in [0.5, 0.6) is 0 Å². The van der Waals surface area contributed by atoms with Gasteiger partial charge in [0.15, 0.2) is 5.78 Å². The largest absolute Gasteiger partial charge is 0.480 e. The van der Waals surface area contributed by atoms with Crippen LogP contribution in [0.4, 0.5) is 0 Å². The van der Waals surface area contributed by atoms with E-state index < -0.39 is 52.8 Å². The summed E-state index contributed by atoms with van der Waals surface area (Å²) < 4.78 is 0. The van der Waals surface area contributed by atoms with Gasteiger partial charge in [-0.3, -0.25) is 19.2 Å². The summed E-state index contributed by atoms with van der Waals surface area (Å²) in [5.74, 6) is -2.50. The molecule has 0 heterocycles. The third-order valence-electron chi connectivity index (χ3n) is 9.91. The highest BCUT2D eigenvalue weighted by Gasteiger charge is 2.65. The van der Waals surface area contributed by atoms with Crippen LogP contribution in [0.2, 0.25) is 0 Å². The van der Waals surface area contributed by atoms with Crippen LogP contribution >= 0.6 is 11.8 Å². The Morgan fingerprint density at radius 2 is 1.37 bits per heavy atom. The number of allylic oxidation sites excluding steroid dienone is 3. The van der Waals surface area contributed by atoms with Gasteiger partial charge in [-0.1, -0.05) is 66.2 Å². The van der Waals surface area contributed by atoms with Crippen molar-refractivity contribution in [2.45, 2.75) is 77.1 Å². The van der Waals surface area contributed by atoms with Crippen LogP contribution in [0.3, 0.4) is 0 Å². The molecule has 2 aromatic carbocycles. The van der Waals surface area contributed by atoms with Crippen molar-refractivity contribution in [3.63, 3.8) is 0 Å². The normalized spacial score (nSPS) is 21.0. The van der Waals surface area contributed by atoms with Gasteiger partial charge >= 0.3 is 5.97 Å². The fraction of sp³-hybridized carbons (Fsp3) is 0.395. The molecule has 3 aliphatic rings. The first-order valence-electron chi connectivity index (χ1n) is 16.4. The van der Waals surface area contributed by atoms with Gasteiger partial charge in [-0.15, -0.1) is 0 Å². The van der Waals surface area contributed by atoms with Gasteiger partial charge in [-0.25, -0.2) is 4.79 Å². The summed E-state index contributed by atoms with van der Waals surface area (Å²) >= 11 is 1.41. The lowest BCUT2D eigenvalue weighted by Gasteiger charge is -2.39. The van der Waals surface area contributed by atoms with E-state index >= 15 is 0 Å². The Hall–Kier alpha value is -4.48. The van der Waals surface area contributed by atoms with Crippen LogP contribution in [0.1, 0.15) is 51.7 Å².